The quantitative estimate of drug-likeness (QED) is 0.595. The van der Waals surface area contributed by atoms with E-state index in [0.29, 0.717) is 22.5 Å². The van der Waals surface area contributed by atoms with Crippen LogP contribution in [0.5, 0.6) is 0 Å². The molecule has 0 aliphatic rings. The highest BCUT2D eigenvalue weighted by Crippen LogP contribution is 2.27. The summed E-state index contributed by atoms with van der Waals surface area (Å²) in [5, 5.41) is 6.24. The van der Waals surface area contributed by atoms with Gasteiger partial charge >= 0.3 is 6.18 Å². The van der Waals surface area contributed by atoms with Crippen molar-refractivity contribution in [3.8, 4) is 0 Å². The number of carbonyl (C=O) groups is 1. The van der Waals surface area contributed by atoms with Gasteiger partial charge in [0, 0.05) is 17.8 Å². The second-order valence-electron chi connectivity index (χ2n) is 6.87. The van der Waals surface area contributed by atoms with Crippen molar-refractivity contribution in [3.63, 3.8) is 0 Å². The van der Waals surface area contributed by atoms with E-state index in [1.54, 1.807) is 20.8 Å². The fourth-order valence-corrected chi connectivity index (χ4v) is 3.30. The molecule has 6 nitrogen and oxygen atoms in total. The number of nitrogens with zero attached hydrogens (tertiary/aromatic N) is 4. The summed E-state index contributed by atoms with van der Waals surface area (Å²) in [4.78, 5) is 19.9. The molecular formula is C19H18ClF4N5O. The third-order valence-electron chi connectivity index (χ3n) is 4.73. The van der Waals surface area contributed by atoms with Gasteiger partial charge in [0.2, 0.25) is 5.91 Å². The average molecular weight is 444 g/mol. The van der Waals surface area contributed by atoms with Gasteiger partial charge in [0.15, 0.2) is 0 Å². The van der Waals surface area contributed by atoms with E-state index in [0.717, 1.165) is 4.52 Å². The predicted molar refractivity (Wildman–Crippen MR) is 102 cm³/mol. The maximum Gasteiger partial charge on any atom is 0.453 e. The molecule has 0 aliphatic carbocycles. The Bertz CT molecular complexity index is 1110. The van der Waals surface area contributed by atoms with Crippen molar-refractivity contribution in [3.05, 3.63) is 57.4 Å². The molecule has 160 valence electrons. The first-order valence-corrected chi connectivity index (χ1v) is 9.39. The molecule has 0 fully saturated rings. The number of amides is 1. The smallest absolute Gasteiger partial charge is 0.350 e. The van der Waals surface area contributed by atoms with Crippen LogP contribution in [0.3, 0.4) is 0 Å². The zero-order valence-corrected chi connectivity index (χ0v) is 17.1. The van der Waals surface area contributed by atoms with Crippen LogP contribution in [0.2, 0.25) is 5.02 Å². The molecule has 30 heavy (non-hydrogen) atoms. The Morgan fingerprint density at radius 1 is 1.27 bits per heavy atom. The van der Waals surface area contributed by atoms with Crippen molar-refractivity contribution in [1.82, 2.24) is 24.9 Å². The van der Waals surface area contributed by atoms with E-state index in [1.165, 1.54) is 18.2 Å². The maximum absolute atomic E-state index is 13.3. The topological polar surface area (TPSA) is 72.2 Å². The SMILES string of the molecule is Cc1nc2nc(C(F)(F)F)nn2c(C)c1CCC(=O)NC(C)c1ccc(F)c(Cl)c1. The lowest BCUT2D eigenvalue weighted by atomic mass is 10.1. The molecule has 0 radical (unpaired) electrons. The van der Waals surface area contributed by atoms with Gasteiger partial charge in [-0.1, -0.05) is 17.7 Å². The molecule has 2 aromatic heterocycles. The third kappa shape index (κ3) is 4.53. The zero-order chi connectivity index (χ0) is 22.2. The molecule has 1 amide bonds. The van der Waals surface area contributed by atoms with Crippen molar-refractivity contribution in [2.24, 2.45) is 0 Å². The molecule has 0 bridgehead atoms. The highest BCUT2D eigenvalue weighted by molar-refractivity contribution is 6.30. The summed E-state index contributed by atoms with van der Waals surface area (Å²) < 4.78 is 52.9. The van der Waals surface area contributed by atoms with E-state index in [-0.39, 0.29) is 29.5 Å². The molecule has 0 saturated heterocycles. The third-order valence-corrected chi connectivity index (χ3v) is 5.02. The summed E-state index contributed by atoms with van der Waals surface area (Å²) >= 11 is 5.77. The standard InChI is InChI=1S/C19H18ClF4N5O/c1-9(12-4-6-15(21)14(20)8-12)25-16(30)7-5-13-10(2)26-18-27-17(19(22,23)24)28-29(18)11(13)3/h4,6,8-9H,5,7H2,1-3H3,(H,25,30). The molecule has 11 heteroatoms. The summed E-state index contributed by atoms with van der Waals surface area (Å²) in [7, 11) is 0. The monoisotopic (exact) mass is 443 g/mol. The van der Waals surface area contributed by atoms with Crippen LogP contribution in [0.25, 0.3) is 5.78 Å². The molecule has 1 aromatic carbocycles. The molecule has 1 N–H and O–H groups in total. The van der Waals surface area contributed by atoms with Crippen LogP contribution in [0.15, 0.2) is 18.2 Å². The van der Waals surface area contributed by atoms with Crippen LogP contribution in [-0.2, 0) is 17.4 Å². The van der Waals surface area contributed by atoms with Crippen LogP contribution >= 0.6 is 11.6 Å². The molecule has 3 rings (SSSR count). The number of alkyl halides is 3. The second kappa shape index (κ2) is 8.17. The molecule has 1 unspecified atom stereocenters. The Kier molecular flexibility index (Phi) is 5.98. The van der Waals surface area contributed by atoms with Crippen LogP contribution in [-0.4, -0.2) is 25.5 Å². The fraction of sp³-hybridized carbons (Fsp3) is 0.368. The minimum absolute atomic E-state index is 0.0368. The number of aryl methyl sites for hydroxylation is 2. The average Bonchev–Trinajstić information content (AvgIpc) is 3.08. The Morgan fingerprint density at radius 2 is 1.97 bits per heavy atom. The number of hydrogen-bond acceptors (Lipinski definition) is 4. The van der Waals surface area contributed by atoms with Gasteiger partial charge in [-0.05, 0) is 50.5 Å². The number of hydrogen-bond donors (Lipinski definition) is 1. The second-order valence-corrected chi connectivity index (χ2v) is 7.28. The lowest BCUT2D eigenvalue weighted by Gasteiger charge is -2.15. The summed E-state index contributed by atoms with van der Waals surface area (Å²) in [5.41, 5.74) is 2.18. The summed E-state index contributed by atoms with van der Waals surface area (Å²) in [5.74, 6) is -2.24. The van der Waals surface area contributed by atoms with E-state index in [4.69, 9.17) is 11.6 Å². The lowest BCUT2D eigenvalue weighted by molar-refractivity contribution is -0.144. The maximum atomic E-state index is 13.3. The Labute approximate surface area is 174 Å². The lowest BCUT2D eigenvalue weighted by Crippen LogP contribution is -2.27. The molecule has 3 aromatic rings. The minimum atomic E-state index is -4.67. The molecular weight excluding hydrogens is 426 g/mol. The number of benzene rings is 1. The fourth-order valence-electron chi connectivity index (χ4n) is 3.11. The summed E-state index contributed by atoms with van der Waals surface area (Å²) in [6, 6.07) is 3.79. The zero-order valence-electron chi connectivity index (χ0n) is 16.3. The van der Waals surface area contributed by atoms with E-state index < -0.39 is 23.9 Å². The Hall–Kier alpha value is -2.75. The first-order chi connectivity index (χ1) is 14.0. The number of carbonyl (C=O) groups excluding carboxylic acids is 1. The largest absolute Gasteiger partial charge is 0.453 e. The van der Waals surface area contributed by atoms with Gasteiger partial charge in [-0.2, -0.15) is 18.2 Å². The minimum Gasteiger partial charge on any atom is -0.350 e. The van der Waals surface area contributed by atoms with Crippen LogP contribution in [0.4, 0.5) is 17.6 Å². The van der Waals surface area contributed by atoms with E-state index in [2.05, 4.69) is 20.4 Å². The first kappa shape index (κ1) is 21.9. The summed E-state index contributed by atoms with van der Waals surface area (Å²) in [6.45, 7) is 4.98. The molecule has 2 heterocycles. The van der Waals surface area contributed by atoms with Gasteiger partial charge in [0.05, 0.1) is 11.1 Å². The van der Waals surface area contributed by atoms with Crippen molar-refractivity contribution >= 4 is 23.3 Å². The summed E-state index contributed by atoms with van der Waals surface area (Å²) in [6.07, 6.45) is -4.34. The Morgan fingerprint density at radius 3 is 2.60 bits per heavy atom. The van der Waals surface area contributed by atoms with Crippen molar-refractivity contribution < 1.29 is 22.4 Å². The first-order valence-electron chi connectivity index (χ1n) is 9.01. The highest BCUT2D eigenvalue weighted by Gasteiger charge is 2.37. The van der Waals surface area contributed by atoms with E-state index in [1.807, 2.05) is 0 Å². The normalized spacial score (nSPS) is 12.9. The van der Waals surface area contributed by atoms with Crippen molar-refractivity contribution in [2.45, 2.75) is 45.8 Å². The highest BCUT2D eigenvalue weighted by atomic mass is 35.5. The van der Waals surface area contributed by atoms with Gasteiger partial charge in [-0.25, -0.2) is 13.9 Å². The van der Waals surface area contributed by atoms with Crippen LogP contribution < -0.4 is 5.32 Å². The van der Waals surface area contributed by atoms with Gasteiger partial charge in [0.1, 0.15) is 5.82 Å². The van der Waals surface area contributed by atoms with E-state index >= 15 is 0 Å². The van der Waals surface area contributed by atoms with Gasteiger partial charge < -0.3 is 5.32 Å². The van der Waals surface area contributed by atoms with Gasteiger partial charge in [0.25, 0.3) is 11.6 Å². The number of rotatable bonds is 5. The van der Waals surface area contributed by atoms with Gasteiger partial charge in [-0.3, -0.25) is 4.79 Å². The molecule has 0 saturated carbocycles. The van der Waals surface area contributed by atoms with Crippen LogP contribution in [0.1, 0.15) is 47.7 Å². The number of aromatic nitrogens is 4. The molecule has 0 spiro atoms. The Balaban J connectivity index is 1.73. The van der Waals surface area contributed by atoms with E-state index in [9.17, 15) is 22.4 Å². The van der Waals surface area contributed by atoms with Gasteiger partial charge in [-0.15, -0.1) is 5.10 Å². The number of halogens is 5. The van der Waals surface area contributed by atoms with Crippen LogP contribution in [0, 0.1) is 19.7 Å². The number of fused-ring (bicyclic) bond motifs is 1. The van der Waals surface area contributed by atoms with Crippen molar-refractivity contribution in [2.75, 3.05) is 0 Å². The van der Waals surface area contributed by atoms with Crippen molar-refractivity contribution in [1.29, 1.82) is 0 Å². The molecule has 0 aliphatic heterocycles. The predicted octanol–water partition coefficient (Wildman–Crippen LogP) is 4.36. The molecule has 1 atom stereocenters. The number of nitrogens with one attached hydrogen (secondary N) is 1.